The Morgan fingerprint density at radius 1 is 1.17 bits per heavy atom. The molecule has 0 aliphatic carbocycles. The van der Waals surface area contributed by atoms with Gasteiger partial charge in [0.25, 0.3) is 5.56 Å². The van der Waals surface area contributed by atoms with Gasteiger partial charge in [-0.25, -0.2) is 4.98 Å². The molecular weight excluding hydrogens is 292 g/mol. The maximum atomic E-state index is 12.2. The van der Waals surface area contributed by atoms with Gasteiger partial charge >= 0.3 is 0 Å². The van der Waals surface area contributed by atoms with Gasteiger partial charge in [-0.1, -0.05) is 0 Å². The monoisotopic (exact) mass is 304 g/mol. The Kier molecular flexibility index (Phi) is 3.85. The molecule has 0 saturated carbocycles. The molecule has 0 fully saturated rings. The van der Waals surface area contributed by atoms with Crippen LogP contribution in [0, 0.1) is 16.5 Å². The van der Waals surface area contributed by atoms with Crippen molar-refractivity contribution in [1.82, 2.24) is 9.55 Å². The smallest absolute Gasteiger partial charge is 0.254 e. The number of aromatic nitrogens is 3. The van der Waals surface area contributed by atoms with Gasteiger partial charge in [-0.3, -0.25) is 9.36 Å². The van der Waals surface area contributed by atoms with E-state index in [-0.39, 0.29) is 12.1 Å². The van der Waals surface area contributed by atoms with E-state index in [1.807, 2.05) is 6.07 Å². The van der Waals surface area contributed by atoms with Crippen LogP contribution in [-0.4, -0.2) is 9.55 Å². The minimum Gasteiger partial charge on any atom is -0.618 e. The van der Waals surface area contributed by atoms with Gasteiger partial charge in [0.1, 0.15) is 12.4 Å². The van der Waals surface area contributed by atoms with Gasteiger partial charge in [-0.15, -0.1) is 0 Å². The molecule has 3 aromatic rings. The van der Waals surface area contributed by atoms with E-state index in [1.165, 1.54) is 23.0 Å². The molecule has 6 heteroatoms. The highest BCUT2D eigenvalue weighted by Gasteiger charge is 2.12. The van der Waals surface area contributed by atoms with Gasteiger partial charge in [0.15, 0.2) is 6.20 Å². The Morgan fingerprint density at radius 3 is 2.65 bits per heavy atom. The highest BCUT2D eigenvalue weighted by molar-refractivity contribution is 5.56. The summed E-state index contributed by atoms with van der Waals surface area (Å²) in [6, 6.07) is 15.2. The lowest BCUT2D eigenvalue weighted by molar-refractivity contribution is -0.614. The highest BCUT2D eigenvalue weighted by atomic mass is 16.5. The first-order chi connectivity index (χ1) is 11.2. The van der Waals surface area contributed by atoms with Crippen LogP contribution in [0.15, 0.2) is 65.7 Å². The minimum absolute atomic E-state index is 0.117. The highest BCUT2D eigenvalue weighted by Crippen LogP contribution is 2.16. The second kappa shape index (κ2) is 6.12. The summed E-state index contributed by atoms with van der Waals surface area (Å²) in [5.74, 6) is 0.450. The molecule has 2 aromatic heterocycles. The lowest BCUT2D eigenvalue weighted by Gasteiger charge is -2.11. The molecule has 0 bridgehead atoms. The van der Waals surface area contributed by atoms with E-state index < -0.39 is 0 Å². The zero-order valence-electron chi connectivity index (χ0n) is 12.1. The predicted octanol–water partition coefficient (Wildman–Crippen LogP) is 1.46. The van der Waals surface area contributed by atoms with Gasteiger partial charge in [0.2, 0.25) is 5.69 Å². The van der Waals surface area contributed by atoms with Crippen LogP contribution in [0.2, 0.25) is 0 Å². The molecule has 0 spiro atoms. The molecule has 0 N–H and O–H groups in total. The Bertz CT molecular complexity index is 940. The fraction of sp³-hybridized carbons (Fsp3) is 0.0588. The molecule has 0 saturated heterocycles. The van der Waals surface area contributed by atoms with Crippen molar-refractivity contribution < 1.29 is 4.73 Å². The number of benzene rings is 1. The minimum atomic E-state index is -0.247. The lowest BCUT2D eigenvalue weighted by Crippen LogP contribution is -2.34. The average Bonchev–Trinajstić information content (AvgIpc) is 2.58. The van der Waals surface area contributed by atoms with Crippen molar-refractivity contribution >= 4 is 0 Å². The zero-order valence-corrected chi connectivity index (χ0v) is 12.1. The third-order valence-electron chi connectivity index (χ3n) is 3.43. The predicted molar refractivity (Wildman–Crippen MR) is 83.2 cm³/mol. The summed E-state index contributed by atoms with van der Waals surface area (Å²) >= 11 is 0. The molecule has 3 rings (SSSR count). The molecule has 6 nitrogen and oxygen atoms in total. The molecule has 0 radical (unpaired) electrons. The van der Waals surface area contributed by atoms with Crippen LogP contribution >= 0.6 is 0 Å². The summed E-state index contributed by atoms with van der Waals surface area (Å²) in [6.45, 7) is 0.117. The van der Waals surface area contributed by atoms with Gasteiger partial charge < -0.3 is 5.21 Å². The Morgan fingerprint density at radius 2 is 1.96 bits per heavy atom. The Hall–Kier alpha value is -3.46. The van der Waals surface area contributed by atoms with Crippen LogP contribution in [0.1, 0.15) is 11.3 Å². The van der Waals surface area contributed by atoms with Gasteiger partial charge in [-0.2, -0.15) is 9.99 Å². The maximum Gasteiger partial charge on any atom is 0.254 e. The van der Waals surface area contributed by atoms with E-state index >= 15 is 0 Å². The van der Waals surface area contributed by atoms with Crippen molar-refractivity contribution in [1.29, 1.82) is 5.26 Å². The first kappa shape index (κ1) is 14.5. The molecule has 0 aliphatic heterocycles. The van der Waals surface area contributed by atoms with E-state index in [9.17, 15) is 10.0 Å². The van der Waals surface area contributed by atoms with Crippen LogP contribution in [-0.2, 0) is 6.54 Å². The number of hydrogen-bond acceptors (Lipinski definition) is 4. The molecule has 1 aromatic carbocycles. The third-order valence-corrected chi connectivity index (χ3v) is 3.43. The number of nitrogens with zero attached hydrogens (tertiary/aromatic N) is 4. The molecule has 0 unspecified atom stereocenters. The van der Waals surface area contributed by atoms with Crippen molar-refractivity contribution in [2.75, 3.05) is 0 Å². The van der Waals surface area contributed by atoms with Crippen LogP contribution in [0.3, 0.4) is 0 Å². The normalized spacial score (nSPS) is 10.2. The summed E-state index contributed by atoms with van der Waals surface area (Å²) in [5.41, 5.74) is 1.43. The quantitative estimate of drug-likeness (QED) is 0.541. The third kappa shape index (κ3) is 2.94. The van der Waals surface area contributed by atoms with Crippen molar-refractivity contribution in [3.8, 4) is 17.5 Å². The summed E-state index contributed by atoms with van der Waals surface area (Å²) in [7, 11) is 0. The number of nitriles is 1. The van der Waals surface area contributed by atoms with E-state index in [0.29, 0.717) is 22.6 Å². The lowest BCUT2D eigenvalue weighted by atomic mass is 10.1. The summed E-state index contributed by atoms with van der Waals surface area (Å²) in [6.07, 6.45) is 2.82. The molecule has 0 aliphatic rings. The van der Waals surface area contributed by atoms with E-state index in [0.717, 1.165) is 4.73 Å². The molecule has 23 heavy (non-hydrogen) atoms. The van der Waals surface area contributed by atoms with Gasteiger partial charge in [0, 0.05) is 30.0 Å². The first-order valence-electron chi connectivity index (χ1n) is 6.92. The van der Waals surface area contributed by atoms with Crippen molar-refractivity contribution in [3.63, 3.8) is 0 Å². The SMILES string of the molecule is N#Cc1ccc(-c2nccc(=O)n2Cc2cccc[n+]2[O-])cc1. The standard InChI is InChI=1S/C17H12N4O2/c18-11-13-4-6-14(7-5-13)17-19-9-8-16(22)20(17)12-15-3-1-2-10-21(15)23/h1-10H,12H2. The van der Waals surface area contributed by atoms with Crippen LogP contribution in [0.4, 0.5) is 0 Å². The van der Waals surface area contributed by atoms with Crippen LogP contribution in [0.25, 0.3) is 11.4 Å². The molecule has 112 valence electrons. The number of pyridine rings is 1. The maximum absolute atomic E-state index is 12.2. The van der Waals surface area contributed by atoms with Gasteiger partial charge in [-0.05, 0) is 30.3 Å². The number of hydrogen-bond donors (Lipinski definition) is 0. The largest absolute Gasteiger partial charge is 0.618 e. The Labute approximate surface area is 132 Å². The van der Waals surface area contributed by atoms with Crippen LogP contribution < -0.4 is 10.3 Å². The summed E-state index contributed by atoms with van der Waals surface area (Å²) in [5, 5.41) is 20.7. The van der Waals surface area contributed by atoms with E-state index in [4.69, 9.17) is 5.26 Å². The fourth-order valence-electron chi connectivity index (χ4n) is 2.26. The molecule has 2 heterocycles. The topological polar surface area (TPSA) is 85.6 Å². The fourth-order valence-corrected chi connectivity index (χ4v) is 2.26. The number of rotatable bonds is 3. The Balaban J connectivity index is 2.08. The van der Waals surface area contributed by atoms with Crippen molar-refractivity contribution in [2.24, 2.45) is 0 Å². The van der Waals surface area contributed by atoms with E-state index in [2.05, 4.69) is 4.98 Å². The zero-order chi connectivity index (χ0) is 16.2. The molecule has 0 atom stereocenters. The van der Waals surface area contributed by atoms with Crippen molar-refractivity contribution in [3.05, 3.63) is 87.7 Å². The van der Waals surface area contributed by atoms with Crippen molar-refractivity contribution in [2.45, 2.75) is 6.54 Å². The second-order valence-corrected chi connectivity index (χ2v) is 4.90. The first-order valence-corrected chi connectivity index (χ1v) is 6.92. The second-order valence-electron chi connectivity index (χ2n) is 4.90. The summed E-state index contributed by atoms with van der Waals surface area (Å²) < 4.78 is 2.16. The summed E-state index contributed by atoms with van der Waals surface area (Å²) in [4.78, 5) is 16.5. The average molecular weight is 304 g/mol. The molecule has 0 amide bonds. The van der Waals surface area contributed by atoms with Crippen LogP contribution in [0.5, 0.6) is 0 Å². The van der Waals surface area contributed by atoms with E-state index in [1.54, 1.807) is 42.5 Å². The van der Waals surface area contributed by atoms with Gasteiger partial charge in [0.05, 0.1) is 11.6 Å². The molecular formula is C17H12N4O2.